The molecule has 2 rings (SSSR count). The number of nitrogen functional groups attached to an aromatic ring is 1. The number of ether oxygens (including phenoxy) is 1. The minimum Gasteiger partial charge on any atom is -0.492 e. The van der Waals surface area contributed by atoms with Gasteiger partial charge >= 0.3 is 0 Å². The Labute approximate surface area is 122 Å². The Balaban J connectivity index is 2.27. The second kappa shape index (κ2) is 6.30. The first-order valence-corrected chi connectivity index (χ1v) is 6.58. The van der Waals surface area contributed by atoms with Crippen molar-refractivity contribution in [2.45, 2.75) is 6.92 Å². The number of carbonyl (C=O) groups is 1. The predicted octanol–water partition coefficient (Wildman–Crippen LogP) is 3.57. The smallest absolute Gasteiger partial charge is 0.257 e. The Kier molecular flexibility index (Phi) is 4.48. The molecular weight excluding hydrogens is 276 g/mol. The van der Waals surface area contributed by atoms with Crippen molar-refractivity contribution in [1.29, 1.82) is 0 Å². The highest BCUT2D eigenvalue weighted by Gasteiger charge is 2.12. The summed E-state index contributed by atoms with van der Waals surface area (Å²) in [5.74, 6) is 0.270. The minimum absolute atomic E-state index is 0.300. The van der Waals surface area contributed by atoms with Crippen molar-refractivity contribution in [3.63, 3.8) is 0 Å². The molecular formula is C15H15ClN2O2. The van der Waals surface area contributed by atoms with Crippen LogP contribution in [0.25, 0.3) is 0 Å². The van der Waals surface area contributed by atoms with E-state index in [0.29, 0.717) is 34.3 Å². The van der Waals surface area contributed by atoms with Crippen molar-refractivity contribution in [2.75, 3.05) is 17.7 Å². The number of anilines is 2. The molecule has 0 radical (unpaired) electrons. The lowest BCUT2D eigenvalue weighted by molar-refractivity contribution is 0.102. The molecule has 0 atom stereocenters. The first-order chi connectivity index (χ1) is 9.61. The summed E-state index contributed by atoms with van der Waals surface area (Å²) in [5.41, 5.74) is 7.14. The highest BCUT2D eigenvalue weighted by Crippen LogP contribution is 2.28. The zero-order chi connectivity index (χ0) is 14.5. The molecule has 0 aliphatic carbocycles. The number of carbonyl (C=O) groups excluding carboxylic acids is 1. The Morgan fingerprint density at radius 2 is 2.05 bits per heavy atom. The Hall–Kier alpha value is -2.20. The lowest BCUT2D eigenvalue weighted by Crippen LogP contribution is -2.14. The molecule has 0 aliphatic rings. The van der Waals surface area contributed by atoms with Crippen molar-refractivity contribution >= 4 is 28.9 Å². The average Bonchev–Trinajstić information content (AvgIpc) is 2.42. The maximum absolute atomic E-state index is 12.2. The fraction of sp³-hybridized carbons (Fsp3) is 0.133. The lowest BCUT2D eigenvalue weighted by Gasteiger charge is -2.12. The molecule has 2 aromatic rings. The van der Waals surface area contributed by atoms with E-state index < -0.39 is 0 Å². The lowest BCUT2D eigenvalue weighted by atomic mass is 10.1. The van der Waals surface area contributed by atoms with E-state index in [2.05, 4.69) is 5.32 Å². The van der Waals surface area contributed by atoms with E-state index in [-0.39, 0.29) is 5.91 Å². The van der Waals surface area contributed by atoms with Crippen LogP contribution in [0.1, 0.15) is 17.3 Å². The van der Waals surface area contributed by atoms with Crippen LogP contribution in [0.5, 0.6) is 5.75 Å². The van der Waals surface area contributed by atoms with E-state index in [0.717, 1.165) is 0 Å². The molecule has 2 aromatic carbocycles. The van der Waals surface area contributed by atoms with E-state index in [1.54, 1.807) is 42.5 Å². The van der Waals surface area contributed by atoms with E-state index in [1.807, 2.05) is 6.92 Å². The molecule has 0 aromatic heterocycles. The summed E-state index contributed by atoms with van der Waals surface area (Å²) < 4.78 is 5.45. The minimum atomic E-state index is -0.300. The van der Waals surface area contributed by atoms with E-state index in [1.165, 1.54) is 0 Å². The van der Waals surface area contributed by atoms with Gasteiger partial charge in [0.25, 0.3) is 5.91 Å². The molecule has 0 saturated carbocycles. The topological polar surface area (TPSA) is 64.3 Å². The Bertz CT molecular complexity index is 629. The highest BCUT2D eigenvalue weighted by atomic mass is 35.5. The van der Waals surface area contributed by atoms with Crippen molar-refractivity contribution < 1.29 is 9.53 Å². The number of nitrogens with one attached hydrogen (secondary N) is 1. The number of para-hydroxylation sites is 1. The van der Waals surface area contributed by atoms with Gasteiger partial charge in [0.05, 0.1) is 17.9 Å². The molecule has 3 N–H and O–H groups in total. The van der Waals surface area contributed by atoms with Gasteiger partial charge in [0, 0.05) is 10.7 Å². The highest BCUT2D eigenvalue weighted by molar-refractivity contribution is 6.31. The van der Waals surface area contributed by atoms with Crippen LogP contribution >= 0.6 is 11.6 Å². The Morgan fingerprint density at radius 3 is 2.75 bits per heavy atom. The van der Waals surface area contributed by atoms with Crippen LogP contribution in [0, 0.1) is 0 Å². The molecule has 20 heavy (non-hydrogen) atoms. The largest absolute Gasteiger partial charge is 0.492 e. The molecule has 5 heteroatoms. The molecule has 0 heterocycles. The summed E-state index contributed by atoms with van der Waals surface area (Å²) in [6.45, 7) is 2.37. The summed E-state index contributed by atoms with van der Waals surface area (Å²) >= 11 is 5.95. The van der Waals surface area contributed by atoms with Gasteiger partial charge < -0.3 is 15.8 Å². The second-order valence-electron chi connectivity index (χ2n) is 4.11. The number of nitrogens with two attached hydrogens (primary N) is 1. The molecule has 0 saturated heterocycles. The van der Waals surface area contributed by atoms with Crippen LogP contribution in [0.15, 0.2) is 42.5 Å². The molecule has 1 amide bonds. The third kappa shape index (κ3) is 3.22. The van der Waals surface area contributed by atoms with Crippen molar-refractivity contribution in [3.8, 4) is 5.75 Å². The quantitative estimate of drug-likeness (QED) is 0.846. The number of hydrogen-bond donors (Lipinski definition) is 2. The predicted molar refractivity (Wildman–Crippen MR) is 81.4 cm³/mol. The third-order valence-electron chi connectivity index (χ3n) is 2.70. The van der Waals surface area contributed by atoms with Crippen molar-refractivity contribution in [1.82, 2.24) is 0 Å². The number of hydrogen-bond acceptors (Lipinski definition) is 3. The molecule has 104 valence electrons. The van der Waals surface area contributed by atoms with Crippen LogP contribution in [0.4, 0.5) is 11.4 Å². The van der Waals surface area contributed by atoms with E-state index in [4.69, 9.17) is 22.1 Å². The van der Waals surface area contributed by atoms with Crippen LogP contribution in [0.2, 0.25) is 5.02 Å². The zero-order valence-electron chi connectivity index (χ0n) is 11.0. The van der Waals surface area contributed by atoms with Crippen molar-refractivity contribution in [2.24, 2.45) is 0 Å². The standard InChI is InChI=1S/C15H15ClN2O2/c1-2-20-14-8-7-10(16)9-13(14)18-15(19)11-5-3-4-6-12(11)17/h3-9H,2,17H2,1H3,(H,18,19). The third-order valence-corrected chi connectivity index (χ3v) is 2.93. The van der Waals surface area contributed by atoms with E-state index in [9.17, 15) is 4.79 Å². The van der Waals surface area contributed by atoms with Crippen LogP contribution in [-0.2, 0) is 0 Å². The van der Waals surface area contributed by atoms with E-state index >= 15 is 0 Å². The normalized spacial score (nSPS) is 10.1. The number of amides is 1. The van der Waals surface area contributed by atoms with Crippen LogP contribution in [-0.4, -0.2) is 12.5 Å². The summed E-state index contributed by atoms with van der Waals surface area (Å²) in [6, 6.07) is 11.9. The zero-order valence-corrected chi connectivity index (χ0v) is 11.8. The maximum Gasteiger partial charge on any atom is 0.257 e. The molecule has 0 aliphatic heterocycles. The number of halogens is 1. The van der Waals surface area contributed by atoms with Gasteiger partial charge in [-0.25, -0.2) is 0 Å². The molecule has 4 nitrogen and oxygen atoms in total. The Morgan fingerprint density at radius 1 is 1.30 bits per heavy atom. The average molecular weight is 291 g/mol. The van der Waals surface area contributed by atoms with Gasteiger partial charge in [0.1, 0.15) is 5.75 Å². The monoisotopic (exact) mass is 290 g/mol. The summed E-state index contributed by atoms with van der Waals surface area (Å²) in [7, 11) is 0. The first kappa shape index (κ1) is 14.2. The molecule has 0 fully saturated rings. The van der Waals surface area contributed by atoms with Crippen LogP contribution < -0.4 is 15.8 Å². The van der Waals surface area contributed by atoms with Gasteiger partial charge in [-0.3, -0.25) is 4.79 Å². The van der Waals surface area contributed by atoms with Gasteiger partial charge in [0.15, 0.2) is 0 Å². The number of rotatable bonds is 4. The van der Waals surface area contributed by atoms with Gasteiger partial charge in [0.2, 0.25) is 0 Å². The van der Waals surface area contributed by atoms with Gasteiger partial charge in [-0.15, -0.1) is 0 Å². The van der Waals surface area contributed by atoms with Gasteiger partial charge in [-0.05, 0) is 37.3 Å². The van der Waals surface area contributed by atoms with Crippen LogP contribution in [0.3, 0.4) is 0 Å². The summed E-state index contributed by atoms with van der Waals surface area (Å²) in [4.78, 5) is 12.2. The molecule has 0 spiro atoms. The fourth-order valence-corrected chi connectivity index (χ4v) is 1.95. The van der Waals surface area contributed by atoms with Gasteiger partial charge in [-0.1, -0.05) is 23.7 Å². The van der Waals surface area contributed by atoms with Crippen molar-refractivity contribution in [3.05, 3.63) is 53.1 Å². The molecule has 0 bridgehead atoms. The first-order valence-electron chi connectivity index (χ1n) is 6.20. The summed E-state index contributed by atoms with van der Waals surface area (Å²) in [6.07, 6.45) is 0. The fourth-order valence-electron chi connectivity index (χ4n) is 1.77. The van der Waals surface area contributed by atoms with Gasteiger partial charge in [-0.2, -0.15) is 0 Å². The summed E-state index contributed by atoms with van der Waals surface area (Å²) in [5, 5.41) is 3.28. The SMILES string of the molecule is CCOc1ccc(Cl)cc1NC(=O)c1ccccc1N. The second-order valence-corrected chi connectivity index (χ2v) is 4.55. The molecule has 0 unspecified atom stereocenters. The number of benzene rings is 2. The maximum atomic E-state index is 12.2.